The summed E-state index contributed by atoms with van der Waals surface area (Å²) in [6, 6.07) is 13.0. The monoisotopic (exact) mass is 360 g/mol. The maximum Gasteiger partial charge on any atom is 0.131 e. The molecule has 134 valence electrons. The van der Waals surface area contributed by atoms with Crippen LogP contribution in [0.4, 0.5) is 0 Å². The zero-order valence-electron chi connectivity index (χ0n) is 14.5. The van der Waals surface area contributed by atoms with Crippen molar-refractivity contribution in [1.29, 1.82) is 0 Å². The fraction of sp³-hybridized carbons (Fsp3) is 0.350. The Morgan fingerprint density at radius 1 is 1.08 bits per heavy atom. The molecule has 1 aliphatic rings. The highest BCUT2D eigenvalue weighted by Gasteiger charge is 2.30. The molecule has 0 bridgehead atoms. The Labute approximate surface area is 154 Å². The van der Waals surface area contributed by atoms with Crippen LogP contribution in [0.25, 0.3) is 0 Å². The van der Waals surface area contributed by atoms with Gasteiger partial charge < -0.3 is 19.5 Å². The number of aliphatic carboxylic acids is 1. The van der Waals surface area contributed by atoms with Crippen LogP contribution in [0.5, 0.6) is 11.5 Å². The molecule has 1 heterocycles. The molecule has 0 saturated heterocycles. The lowest BCUT2D eigenvalue weighted by Crippen LogP contribution is -2.33. The second kappa shape index (κ2) is 8.37. The molecule has 1 unspecified atom stereocenters. The Balaban J connectivity index is 0.00000225. The number of hydrogen-bond acceptors (Lipinski definition) is 4. The quantitative estimate of drug-likeness (QED) is 0.794. The number of ether oxygens (including phenoxy) is 1. The maximum absolute atomic E-state index is 11.9. The number of fused-ring (bicyclic) bond motifs is 2. The number of carbonyl (C=O) groups excluding carboxylic acids is 1. The van der Waals surface area contributed by atoms with Gasteiger partial charge in [0, 0.05) is 17.7 Å². The number of carboxylic acids is 1. The number of benzene rings is 2. The summed E-state index contributed by atoms with van der Waals surface area (Å²) in [5.41, 5.74) is 2.42. The lowest BCUT2D eigenvalue weighted by molar-refractivity contribution is -0.306. The zero-order valence-corrected chi connectivity index (χ0v) is 15.3. The number of para-hydroxylation sites is 1. The van der Waals surface area contributed by atoms with Crippen molar-refractivity contribution in [2.45, 2.75) is 26.2 Å². The Kier molecular flexibility index (Phi) is 6.45. The summed E-state index contributed by atoms with van der Waals surface area (Å²) in [7, 11) is 0. The van der Waals surface area contributed by atoms with Gasteiger partial charge in [0.15, 0.2) is 0 Å². The third-order valence-electron chi connectivity index (χ3n) is 4.72. The molecule has 1 atom stereocenters. The van der Waals surface area contributed by atoms with Gasteiger partial charge in [-0.15, -0.1) is 12.4 Å². The van der Waals surface area contributed by atoms with Crippen LogP contribution in [0.15, 0.2) is 42.5 Å². The van der Waals surface area contributed by atoms with E-state index in [4.69, 9.17) is 4.74 Å². The van der Waals surface area contributed by atoms with Gasteiger partial charge in [-0.05, 0) is 37.2 Å². The number of rotatable bonds is 6. The summed E-state index contributed by atoms with van der Waals surface area (Å²) < 4.78 is 5.95. The average molecular weight is 361 g/mol. The van der Waals surface area contributed by atoms with Gasteiger partial charge in [-0.25, -0.2) is 0 Å². The van der Waals surface area contributed by atoms with E-state index < -0.39 is 11.9 Å². The summed E-state index contributed by atoms with van der Waals surface area (Å²) in [4.78, 5) is 14.2. The molecule has 0 radical (unpaired) electrons. The van der Waals surface area contributed by atoms with Crippen LogP contribution in [-0.2, 0) is 11.2 Å². The highest BCUT2D eigenvalue weighted by molar-refractivity contribution is 5.85. The van der Waals surface area contributed by atoms with Crippen LogP contribution in [-0.4, -0.2) is 30.5 Å². The predicted octanol–water partition coefficient (Wildman–Crippen LogP) is 2.98. The first-order chi connectivity index (χ1) is 11.7. The second-order valence-corrected chi connectivity index (χ2v) is 6.00. The van der Waals surface area contributed by atoms with E-state index in [1.54, 1.807) is 12.1 Å². The molecule has 0 fully saturated rings. The molecule has 0 spiro atoms. The van der Waals surface area contributed by atoms with Gasteiger partial charge in [0.25, 0.3) is 0 Å². The SMILES string of the molecule is CCN(CC)CCc1cccc2c1C(C(=O)[O-])c1ccccc1O2.Cl. The van der Waals surface area contributed by atoms with Crippen molar-refractivity contribution in [3.05, 3.63) is 59.2 Å². The summed E-state index contributed by atoms with van der Waals surface area (Å²) in [5, 5.41) is 11.9. The first-order valence-electron chi connectivity index (χ1n) is 8.47. The molecule has 0 aromatic heterocycles. The molecule has 2 aromatic carbocycles. The first-order valence-corrected chi connectivity index (χ1v) is 8.47. The smallest absolute Gasteiger partial charge is 0.131 e. The van der Waals surface area contributed by atoms with Gasteiger partial charge in [-0.2, -0.15) is 0 Å². The molecule has 0 N–H and O–H groups in total. The van der Waals surface area contributed by atoms with E-state index in [1.807, 2.05) is 30.3 Å². The van der Waals surface area contributed by atoms with Crippen molar-refractivity contribution < 1.29 is 14.6 Å². The molecular weight excluding hydrogens is 338 g/mol. The Bertz CT molecular complexity index is 743. The Hall–Kier alpha value is -2.04. The van der Waals surface area contributed by atoms with Crippen molar-refractivity contribution in [2.75, 3.05) is 19.6 Å². The van der Waals surface area contributed by atoms with Gasteiger partial charge in [0.1, 0.15) is 11.5 Å². The van der Waals surface area contributed by atoms with Crippen LogP contribution in [0.2, 0.25) is 0 Å². The average Bonchev–Trinajstić information content (AvgIpc) is 2.60. The molecule has 0 amide bonds. The molecule has 1 aliphatic heterocycles. The molecule has 2 aromatic rings. The molecule has 25 heavy (non-hydrogen) atoms. The van der Waals surface area contributed by atoms with Crippen LogP contribution in [0.3, 0.4) is 0 Å². The van der Waals surface area contributed by atoms with Crippen LogP contribution >= 0.6 is 12.4 Å². The highest BCUT2D eigenvalue weighted by atomic mass is 35.5. The van der Waals surface area contributed by atoms with E-state index in [2.05, 4.69) is 18.7 Å². The third-order valence-corrected chi connectivity index (χ3v) is 4.72. The van der Waals surface area contributed by atoms with E-state index in [-0.39, 0.29) is 12.4 Å². The van der Waals surface area contributed by atoms with Gasteiger partial charge in [0.2, 0.25) is 0 Å². The fourth-order valence-corrected chi connectivity index (χ4v) is 3.37. The first kappa shape index (κ1) is 19.3. The largest absolute Gasteiger partial charge is 0.549 e. The zero-order chi connectivity index (χ0) is 17.1. The topological polar surface area (TPSA) is 52.6 Å². The predicted molar refractivity (Wildman–Crippen MR) is 98.5 cm³/mol. The van der Waals surface area contributed by atoms with Crippen LogP contribution in [0, 0.1) is 0 Å². The van der Waals surface area contributed by atoms with E-state index in [0.29, 0.717) is 17.1 Å². The summed E-state index contributed by atoms with van der Waals surface area (Å²) >= 11 is 0. The molecule has 3 rings (SSSR count). The minimum Gasteiger partial charge on any atom is -0.549 e. The molecule has 5 heteroatoms. The molecule has 4 nitrogen and oxygen atoms in total. The Morgan fingerprint density at radius 2 is 1.76 bits per heavy atom. The molecule has 0 aliphatic carbocycles. The normalized spacial score (nSPS) is 14.9. The van der Waals surface area contributed by atoms with Crippen molar-refractivity contribution in [1.82, 2.24) is 4.90 Å². The summed E-state index contributed by atoms with van der Waals surface area (Å²) in [6.45, 7) is 7.12. The van der Waals surface area contributed by atoms with Crippen LogP contribution < -0.4 is 9.84 Å². The highest BCUT2D eigenvalue weighted by Crippen LogP contribution is 2.45. The summed E-state index contributed by atoms with van der Waals surface area (Å²) in [5.74, 6) is -0.639. The van der Waals surface area contributed by atoms with Gasteiger partial charge in [0.05, 0.1) is 11.9 Å². The van der Waals surface area contributed by atoms with Crippen molar-refractivity contribution >= 4 is 18.4 Å². The number of carboxylic acid groups (broad SMARTS) is 1. The van der Waals surface area contributed by atoms with E-state index >= 15 is 0 Å². The maximum atomic E-state index is 11.9. The second-order valence-electron chi connectivity index (χ2n) is 6.00. The lowest BCUT2D eigenvalue weighted by atomic mass is 9.84. The standard InChI is InChI=1S/C20H23NO3.ClH/c1-3-21(4-2)13-12-14-8-7-11-17-18(14)19(20(22)23)15-9-5-6-10-16(15)24-17;/h5-11,19H,3-4,12-13H2,1-2H3,(H,22,23);1H/p-1. The lowest BCUT2D eigenvalue weighted by Gasteiger charge is -2.31. The van der Waals surface area contributed by atoms with Crippen molar-refractivity contribution in [3.8, 4) is 11.5 Å². The third kappa shape index (κ3) is 3.80. The van der Waals surface area contributed by atoms with Crippen LogP contribution in [0.1, 0.15) is 36.5 Å². The number of carbonyl (C=O) groups is 1. The number of halogens is 1. The minimum absolute atomic E-state index is 0. The van der Waals surface area contributed by atoms with Gasteiger partial charge in [-0.1, -0.05) is 44.2 Å². The summed E-state index contributed by atoms with van der Waals surface area (Å²) in [6.07, 6.45) is 0.792. The van der Waals surface area contributed by atoms with Crippen molar-refractivity contribution in [2.24, 2.45) is 0 Å². The number of hydrogen-bond donors (Lipinski definition) is 0. The minimum atomic E-state index is -1.08. The number of likely N-dealkylation sites (N-methyl/N-ethyl adjacent to an activating group) is 1. The molecule has 0 saturated carbocycles. The van der Waals surface area contributed by atoms with Gasteiger partial charge >= 0.3 is 0 Å². The molecular formula is C20H23ClNO3-. The number of nitrogens with zero attached hydrogens (tertiary/aromatic N) is 1. The van der Waals surface area contributed by atoms with E-state index in [0.717, 1.165) is 37.2 Å². The fourth-order valence-electron chi connectivity index (χ4n) is 3.37. The van der Waals surface area contributed by atoms with E-state index in [9.17, 15) is 9.90 Å². The Morgan fingerprint density at radius 3 is 2.44 bits per heavy atom. The van der Waals surface area contributed by atoms with E-state index in [1.165, 1.54) is 0 Å². The van der Waals surface area contributed by atoms with Gasteiger partial charge in [-0.3, -0.25) is 0 Å². The van der Waals surface area contributed by atoms with Crippen molar-refractivity contribution in [3.63, 3.8) is 0 Å².